The molecule has 0 bridgehead atoms. The van der Waals surface area contributed by atoms with E-state index >= 15 is 0 Å². The van der Waals surface area contributed by atoms with Crippen LogP contribution in [0.2, 0.25) is 19.6 Å². The number of rotatable bonds is 7. The van der Waals surface area contributed by atoms with Crippen molar-refractivity contribution in [3.63, 3.8) is 0 Å². The molecule has 0 aliphatic rings. The van der Waals surface area contributed by atoms with Crippen LogP contribution in [0.3, 0.4) is 0 Å². The predicted molar refractivity (Wildman–Crippen MR) is 88.3 cm³/mol. The van der Waals surface area contributed by atoms with Crippen molar-refractivity contribution in [2.45, 2.75) is 45.0 Å². The topological polar surface area (TPSA) is 82.9 Å². The second-order valence-corrected chi connectivity index (χ2v) is 11.2. The molecule has 0 saturated carbocycles. The van der Waals surface area contributed by atoms with Crippen LogP contribution in [0.15, 0.2) is 30.3 Å². The number of carbonyl (C=O) groups is 1. The van der Waals surface area contributed by atoms with E-state index in [4.69, 9.17) is 4.74 Å². The molecule has 22 heavy (non-hydrogen) atoms. The van der Waals surface area contributed by atoms with Crippen LogP contribution in [-0.2, 0) is 16.0 Å². The lowest BCUT2D eigenvalue weighted by Crippen LogP contribution is -2.57. The summed E-state index contributed by atoms with van der Waals surface area (Å²) < 4.78 is 5.01. The van der Waals surface area contributed by atoms with Gasteiger partial charge in [-0.2, -0.15) is 4.79 Å². The SMILES string of the molecule is CCOC(=O)C(O)(CCc1ccccc1)C(=[N+]=[N-])[Si](C)(C)C. The summed E-state index contributed by atoms with van der Waals surface area (Å²) in [5.74, 6) is -0.749. The minimum Gasteiger partial charge on any atom is -0.463 e. The molecule has 1 rings (SSSR count). The van der Waals surface area contributed by atoms with E-state index in [-0.39, 0.29) is 18.4 Å². The zero-order chi connectivity index (χ0) is 16.8. The Hall–Kier alpha value is -1.75. The lowest BCUT2D eigenvalue weighted by Gasteiger charge is -2.26. The van der Waals surface area contributed by atoms with Gasteiger partial charge in [-0.05, 0) is 18.9 Å². The number of nitrogens with zero attached hydrogens (tertiary/aromatic N) is 2. The summed E-state index contributed by atoms with van der Waals surface area (Å²) >= 11 is 0. The van der Waals surface area contributed by atoms with Crippen molar-refractivity contribution in [3.8, 4) is 0 Å². The van der Waals surface area contributed by atoms with Crippen molar-refractivity contribution in [1.82, 2.24) is 0 Å². The first-order valence-electron chi connectivity index (χ1n) is 7.42. The predicted octanol–water partition coefficient (Wildman–Crippen LogP) is 2.46. The largest absolute Gasteiger partial charge is 0.463 e. The smallest absolute Gasteiger partial charge is 0.349 e. The molecule has 1 aromatic rings. The highest BCUT2D eigenvalue weighted by Gasteiger charge is 2.54. The Morgan fingerprint density at radius 3 is 2.36 bits per heavy atom. The van der Waals surface area contributed by atoms with Gasteiger partial charge >= 0.3 is 5.97 Å². The first-order valence-corrected chi connectivity index (χ1v) is 10.9. The van der Waals surface area contributed by atoms with E-state index in [1.807, 2.05) is 50.0 Å². The van der Waals surface area contributed by atoms with Crippen molar-refractivity contribution in [2.24, 2.45) is 0 Å². The molecule has 1 unspecified atom stereocenters. The van der Waals surface area contributed by atoms with Crippen LogP contribution >= 0.6 is 0 Å². The van der Waals surface area contributed by atoms with Crippen molar-refractivity contribution >= 4 is 19.4 Å². The highest BCUT2D eigenvalue weighted by Crippen LogP contribution is 2.23. The molecule has 0 aliphatic carbocycles. The molecule has 1 aromatic carbocycles. The Labute approximate surface area is 132 Å². The Kier molecular flexibility index (Phi) is 6.23. The van der Waals surface area contributed by atoms with Crippen LogP contribution in [0.25, 0.3) is 5.53 Å². The van der Waals surface area contributed by atoms with E-state index in [0.717, 1.165) is 5.56 Å². The Balaban J connectivity index is 3.12. The van der Waals surface area contributed by atoms with Gasteiger partial charge in [0.2, 0.25) is 0 Å². The van der Waals surface area contributed by atoms with Gasteiger partial charge in [0.1, 0.15) is 0 Å². The zero-order valence-electron chi connectivity index (χ0n) is 13.7. The molecule has 0 fully saturated rings. The van der Waals surface area contributed by atoms with Gasteiger partial charge in [-0.15, -0.1) is 0 Å². The molecule has 0 aromatic heterocycles. The first kappa shape index (κ1) is 18.3. The molecular formula is C16H24N2O3Si. The molecule has 0 saturated heterocycles. The van der Waals surface area contributed by atoms with Crippen LogP contribution in [0.4, 0.5) is 0 Å². The number of hydrogen-bond acceptors (Lipinski definition) is 3. The highest BCUT2D eigenvalue weighted by molar-refractivity contribution is 7.05. The Morgan fingerprint density at radius 2 is 1.91 bits per heavy atom. The summed E-state index contributed by atoms with van der Waals surface area (Å²) in [5.41, 5.74) is 8.48. The van der Waals surface area contributed by atoms with Gasteiger partial charge in [0.05, 0.1) is 6.61 Å². The third-order valence-electron chi connectivity index (χ3n) is 3.43. The van der Waals surface area contributed by atoms with Gasteiger partial charge in [0.25, 0.3) is 10.9 Å². The van der Waals surface area contributed by atoms with Crippen molar-refractivity contribution in [2.75, 3.05) is 6.61 Å². The molecule has 5 nitrogen and oxygen atoms in total. The number of ether oxygens (including phenoxy) is 1. The summed E-state index contributed by atoms with van der Waals surface area (Å²) in [7, 11) is -2.20. The maximum atomic E-state index is 12.3. The van der Waals surface area contributed by atoms with Gasteiger partial charge in [-0.3, -0.25) is 0 Å². The molecule has 0 spiro atoms. The number of esters is 1. The fourth-order valence-corrected chi connectivity index (χ4v) is 4.16. The van der Waals surface area contributed by atoms with E-state index in [9.17, 15) is 15.4 Å². The number of hydrogen-bond donors (Lipinski definition) is 1. The van der Waals surface area contributed by atoms with Gasteiger partial charge in [0, 0.05) is 6.42 Å². The number of carbonyl (C=O) groups excluding carboxylic acids is 1. The summed E-state index contributed by atoms with van der Waals surface area (Å²) in [6.45, 7) is 7.58. The normalized spacial score (nSPS) is 13.9. The Bertz CT molecular complexity index is 563. The van der Waals surface area contributed by atoms with E-state index in [0.29, 0.717) is 6.42 Å². The molecular weight excluding hydrogens is 296 g/mol. The number of aliphatic hydroxyl groups is 1. The van der Waals surface area contributed by atoms with Gasteiger partial charge in [-0.25, -0.2) is 4.79 Å². The van der Waals surface area contributed by atoms with Gasteiger partial charge < -0.3 is 15.4 Å². The molecule has 0 heterocycles. The average molecular weight is 320 g/mol. The zero-order valence-corrected chi connectivity index (χ0v) is 14.7. The van der Waals surface area contributed by atoms with Crippen LogP contribution in [0, 0.1) is 0 Å². The Morgan fingerprint density at radius 1 is 1.32 bits per heavy atom. The molecule has 0 amide bonds. The van der Waals surface area contributed by atoms with E-state index in [2.05, 4.69) is 4.79 Å². The number of aryl methyl sites for hydroxylation is 1. The fourth-order valence-electron chi connectivity index (χ4n) is 2.39. The van der Waals surface area contributed by atoms with Crippen LogP contribution in [-0.4, -0.2) is 41.5 Å². The van der Waals surface area contributed by atoms with Crippen LogP contribution in [0.1, 0.15) is 18.9 Å². The summed E-state index contributed by atoms with van der Waals surface area (Å²) in [4.78, 5) is 15.6. The van der Waals surface area contributed by atoms with Crippen LogP contribution in [0.5, 0.6) is 0 Å². The highest BCUT2D eigenvalue weighted by atomic mass is 28.3. The van der Waals surface area contributed by atoms with Crippen molar-refractivity contribution < 1.29 is 19.4 Å². The van der Waals surface area contributed by atoms with E-state index < -0.39 is 19.6 Å². The molecule has 0 radical (unpaired) electrons. The summed E-state index contributed by atoms with van der Waals surface area (Å²) in [6, 6.07) is 9.56. The fraction of sp³-hybridized carbons (Fsp3) is 0.500. The van der Waals surface area contributed by atoms with Crippen molar-refractivity contribution in [1.29, 1.82) is 0 Å². The second kappa shape index (κ2) is 7.49. The second-order valence-electron chi connectivity index (χ2n) is 6.26. The molecule has 1 N–H and O–H groups in total. The van der Waals surface area contributed by atoms with Crippen LogP contribution < -0.4 is 0 Å². The average Bonchev–Trinajstić information content (AvgIpc) is 2.45. The molecule has 1 atom stereocenters. The maximum Gasteiger partial charge on any atom is 0.349 e. The third kappa shape index (κ3) is 4.37. The van der Waals surface area contributed by atoms with Crippen molar-refractivity contribution in [3.05, 3.63) is 41.4 Å². The molecule has 0 aliphatic heterocycles. The standard InChI is InChI=1S/C16H24N2O3Si/c1-5-21-15(19)16(20,14(18-17)22(2,3)4)12-11-13-9-7-6-8-10-13/h6-10,20H,5,11-12H2,1-4H3. The summed E-state index contributed by atoms with van der Waals surface area (Å²) in [6.07, 6.45) is 0.610. The minimum absolute atomic E-state index is 0.125. The van der Waals surface area contributed by atoms with Gasteiger partial charge in [-0.1, -0.05) is 50.0 Å². The number of benzene rings is 1. The van der Waals surface area contributed by atoms with E-state index in [1.165, 1.54) is 0 Å². The maximum absolute atomic E-state index is 12.3. The van der Waals surface area contributed by atoms with E-state index in [1.54, 1.807) is 6.92 Å². The third-order valence-corrected chi connectivity index (χ3v) is 5.37. The summed E-state index contributed by atoms with van der Waals surface area (Å²) in [5, 5.41) is 11.1. The quantitative estimate of drug-likeness (QED) is 0.275. The monoisotopic (exact) mass is 320 g/mol. The molecule has 120 valence electrons. The lowest BCUT2D eigenvalue weighted by molar-refractivity contribution is -0.161. The molecule has 6 heteroatoms. The van der Waals surface area contributed by atoms with Gasteiger partial charge in [0.15, 0.2) is 8.07 Å². The lowest BCUT2D eigenvalue weighted by atomic mass is 9.95. The minimum atomic E-state index is -2.20. The first-order chi connectivity index (χ1) is 10.3.